The van der Waals surface area contributed by atoms with E-state index in [1.165, 1.54) is 7.11 Å². The molecule has 2 aromatic heterocycles. The molecule has 20 heavy (non-hydrogen) atoms. The summed E-state index contributed by atoms with van der Waals surface area (Å²) >= 11 is 0. The highest BCUT2D eigenvalue weighted by molar-refractivity contribution is 6.41. The minimum absolute atomic E-state index is 0.334. The van der Waals surface area contributed by atoms with Crippen LogP contribution >= 0.6 is 0 Å². The molecule has 2 aromatic rings. The molecule has 0 amide bonds. The lowest BCUT2D eigenvalue weighted by molar-refractivity contribution is -0.135. The van der Waals surface area contributed by atoms with Crippen molar-refractivity contribution in [1.82, 2.24) is 9.55 Å². The predicted molar refractivity (Wildman–Crippen MR) is 77.9 cm³/mol. The molecule has 2 rings (SSSR count). The van der Waals surface area contributed by atoms with Gasteiger partial charge in [0.25, 0.3) is 5.78 Å². The maximum atomic E-state index is 11.9. The van der Waals surface area contributed by atoms with Crippen LogP contribution < -0.4 is 0 Å². The van der Waals surface area contributed by atoms with Gasteiger partial charge in [-0.3, -0.25) is 4.79 Å². The molecule has 0 aromatic carbocycles. The van der Waals surface area contributed by atoms with Crippen LogP contribution in [0.3, 0.4) is 0 Å². The van der Waals surface area contributed by atoms with Crippen LogP contribution in [0.5, 0.6) is 0 Å². The standard InChI is InChI=1S/C13H14N2O3.C2H6/c1-7-9-5-6-15(3)12(9)14-8(2)10(7)11(16)13(17)18-4;1-2/h5-6H,1-4H3;1-2H3. The van der Waals surface area contributed by atoms with Crippen molar-refractivity contribution in [3.63, 3.8) is 0 Å². The quantitative estimate of drug-likeness (QED) is 0.480. The van der Waals surface area contributed by atoms with Crippen LogP contribution in [0.2, 0.25) is 0 Å². The van der Waals surface area contributed by atoms with E-state index in [9.17, 15) is 9.59 Å². The topological polar surface area (TPSA) is 61.2 Å². The Bertz CT molecular complexity index is 657. The van der Waals surface area contributed by atoms with E-state index in [-0.39, 0.29) is 0 Å². The van der Waals surface area contributed by atoms with E-state index < -0.39 is 11.8 Å². The zero-order valence-corrected chi connectivity index (χ0v) is 12.8. The third-order valence-electron chi connectivity index (χ3n) is 3.05. The van der Waals surface area contributed by atoms with Crippen molar-refractivity contribution in [3.05, 3.63) is 29.1 Å². The maximum Gasteiger partial charge on any atom is 0.379 e. The van der Waals surface area contributed by atoms with E-state index >= 15 is 0 Å². The molecule has 0 bridgehead atoms. The number of aromatic nitrogens is 2. The number of pyridine rings is 1. The van der Waals surface area contributed by atoms with Crippen molar-refractivity contribution >= 4 is 22.8 Å². The van der Waals surface area contributed by atoms with Crippen molar-refractivity contribution in [2.75, 3.05) is 7.11 Å². The van der Waals surface area contributed by atoms with Crippen LogP contribution in [0.25, 0.3) is 11.0 Å². The van der Waals surface area contributed by atoms with E-state index in [2.05, 4.69) is 9.72 Å². The third kappa shape index (κ3) is 2.57. The van der Waals surface area contributed by atoms with Crippen molar-refractivity contribution in [2.24, 2.45) is 7.05 Å². The first-order valence-corrected chi connectivity index (χ1v) is 6.52. The smallest absolute Gasteiger partial charge is 0.379 e. The van der Waals surface area contributed by atoms with Crippen LogP contribution in [0.1, 0.15) is 35.5 Å². The van der Waals surface area contributed by atoms with Gasteiger partial charge in [0.05, 0.1) is 18.4 Å². The number of ether oxygens (including phenoxy) is 1. The molecule has 0 aliphatic rings. The number of ketones is 1. The summed E-state index contributed by atoms with van der Waals surface area (Å²) in [6.45, 7) is 7.53. The first kappa shape index (κ1) is 15.9. The molecule has 0 unspecified atom stereocenters. The van der Waals surface area contributed by atoms with Gasteiger partial charge in [-0.2, -0.15) is 0 Å². The number of nitrogens with zero attached hydrogens (tertiary/aromatic N) is 2. The Morgan fingerprint density at radius 1 is 1.25 bits per heavy atom. The number of carbonyl (C=O) groups is 2. The molecule has 5 heteroatoms. The van der Waals surface area contributed by atoms with Gasteiger partial charge in [-0.05, 0) is 25.5 Å². The summed E-state index contributed by atoms with van der Waals surface area (Å²) in [7, 11) is 3.08. The Kier molecular flexibility index (Phi) is 5.02. The number of aryl methyl sites for hydroxylation is 3. The van der Waals surface area contributed by atoms with Crippen LogP contribution in [0.4, 0.5) is 0 Å². The fraction of sp³-hybridized carbons (Fsp3) is 0.400. The molecule has 0 atom stereocenters. The average Bonchev–Trinajstić information content (AvgIpc) is 2.81. The largest absolute Gasteiger partial charge is 0.463 e. The van der Waals surface area contributed by atoms with Gasteiger partial charge in [-0.1, -0.05) is 13.8 Å². The summed E-state index contributed by atoms with van der Waals surface area (Å²) in [5.74, 6) is -1.51. The van der Waals surface area contributed by atoms with Gasteiger partial charge in [0.1, 0.15) is 5.65 Å². The number of Topliss-reactive ketones (excluding diaryl/α,β-unsaturated/α-hetero) is 1. The molecule has 108 valence electrons. The molecule has 0 aliphatic heterocycles. The number of hydrogen-bond donors (Lipinski definition) is 0. The van der Waals surface area contributed by atoms with Crippen LogP contribution in [0.15, 0.2) is 12.3 Å². The molecule has 0 spiro atoms. The Balaban J connectivity index is 0.000000956. The first-order valence-electron chi connectivity index (χ1n) is 6.52. The second kappa shape index (κ2) is 6.32. The first-order chi connectivity index (χ1) is 9.47. The molecule has 5 nitrogen and oxygen atoms in total. The van der Waals surface area contributed by atoms with Crippen LogP contribution in [-0.2, 0) is 16.6 Å². The summed E-state index contributed by atoms with van der Waals surface area (Å²) in [5, 5.41) is 0.871. The number of fused-ring (bicyclic) bond motifs is 1. The van der Waals surface area contributed by atoms with E-state index in [1.807, 2.05) is 44.6 Å². The molecule has 0 radical (unpaired) electrons. The number of esters is 1. The lowest BCUT2D eigenvalue weighted by Crippen LogP contribution is -2.19. The molecule has 0 saturated heterocycles. The molecule has 0 fully saturated rings. The van der Waals surface area contributed by atoms with Crippen molar-refractivity contribution in [2.45, 2.75) is 27.7 Å². The second-order valence-corrected chi connectivity index (χ2v) is 4.18. The molecule has 0 N–H and O–H groups in total. The van der Waals surface area contributed by atoms with E-state index in [0.29, 0.717) is 11.3 Å². The fourth-order valence-electron chi connectivity index (χ4n) is 2.10. The maximum absolute atomic E-state index is 11.9. The Labute approximate surface area is 118 Å². The van der Waals surface area contributed by atoms with Crippen molar-refractivity contribution in [3.8, 4) is 0 Å². The summed E-state index contributed by atoms with van der Waals surface area (Å²) in [5.41, 5.74) is 2.43. The summed E-state index contributed by atoms with van der Waals surface area (Å²) in [6, 6.07) is 1.88. The Morgan fingerprint density at radius 3 is 2.40 bits per heavy atom. The molecular formula is C15H20N2O3. The normalized spacial score (nSPS) is 9.90. The van der Waals surface area contributed by atoms with Crippen LogP contribution in [0, 0.1) is 13.8 Å². The lowest BCUT2D eigenvalue weighted by Gasteiger charge is -2.09. The number of methoxy groups -OCH3 is 1. The van der Waals surface area contributed by atoms with Crippen LogP contribution in [-0.4, -0.2) is 28.4 Å². The summed E-state index contributed by atoms with van der Waals surface area (Å²) < 4.78 is 6.35. The Hall–Kier alpha value is -2.17. The fourth-order valence-corrected chi connectivity index (χ4v) is 2.10. The van der Waals surface area contributed by atoms with Gasteiger partial charge >= 0.3 is 5.97 Å². The van der Waals surface area contributed by atoms with Gasteiger partial charge in [-0.25, -0.2) is 9.78 Å². The van der Waals surface area contributed by atoms with Gasteiger partial charge in [-0.15, -0.1) is 0 Å². The zero-order valence-electron chi connectivity index (χ0n) is 12.8. The summed E-state index contributed by atoms with van der Waals surface area (Å²) in [4.78, 5) is 27.7. The van der Waals surface area contributed by atoms with Crippen molar-refractivity contribution in [1.29, 1.82) is 0 Å². The minimum Gasteiger partial charge on any atom is -0.463 e. The summed E-state index contributed by atoms with van der Waals surface area (Å²) in [6.07, 6.45) is 1.87. The number of carbonyl (C=O) groups excluding carboxylic acids is 2. The highest BCUT2D eigenvalue weighted by Gasteiger charge is 2.23. The van der Waals surface area contributed by atoms with E-state index in [0.717, 1.165) is 16.6 Å². The Morgan fingerprint density at radius 2 is 1.85 bits per heavy atom. The molecule has 0 saturated carbocycles. The highest BCUT2D eigenvalue weighted by atomic mass is 16.5. The molecular weight excluding hydrogens is 256 g/mol. The monoisotopic (exact) mass is 276 g/mol. The molecule has 0 aliphatic carbocycles. The van der Waals surface area contributed by atoms with Gasteiger partial charge in [0.2, 0.25) is 0 Å². The zero-order chi connectivity index (χ0) is 15.4. The SMILES string of the molecule is CC.COC(=O)C(=O)c1c(C)nc2c(ccn2C)c1C. The van der Waals surface area contributed by atoms with Gasteiger partial charge in [0.15, 0.2) is 0 Å². The number of hydrogen-bond acceptors (Lipinski definition) is 4. The van der Waals surface area contributed by atoms with E-state index in [4.69, 9.17) is 0 Å². The third-order valence-corrected chi connectivity index (χ3v) is 3.05. The minimum atomic E-state index is -0.863. The highest BCUT2D eigenvalue weighted by Crippen LogP contribution is 2.23. The van der Waals surface area contributed by atoms with E-state index in [1.54, 1.807) is 6.92 Å². The molecule has 2 heterocycles. The van der Waals surface area contributed by atoms with Gasteiger partial charge < -0.3 is 9.30 Å². The average molecular weight is 276 g/mol. The second-order valence-electron chi connectivity index (χ2n) is 4.18. The number of rotatable bonds is 2. The predicted octanol–water partition coefficient (Wildman–Crippen LogP) is 2.57. The van der Waals surface area contributed by atoms with Crippen molar-refractivity contribution < 1.29 is 14.3 Å². The lowest BCUT2D eigenvalue weighted by atomic mass is 10.0. The van der Waals surface area contributed by atoms with Gasteiger partial charge in [0, 0.05) is 18.6 Å².